The molecule has 13 heavy (non-hydrogen) atoms. The number of hydrogen-bond acceptors (Lipinski definition) is 2. The molecule has 0 aromatic rings. The average Bonchev–Trinajstić information content (AvgIpc) is 2.22. The highest BCUT2D eigenvalue weighted by Crippen LogP contribution is 2.15. The fraction of sp³-hybridized carbons (Fsp3) is 1.00. The van der Waals surface area contributed by atoms with Gasteiger partial charge in [0.15, 0.2) is 0 Å². The maximum Gasteiger partial charge on any atom is 0.0564 e. The minimum absolute atomic E-state index is 0.0266. The number of aliphatic hydroxyl groups excluding tert-OH is 1. The summed E-state index contributed by atoms with van der Waals surface area (Å²) in [5.74, 6) is 0. The molecule has 2 nitrogen and oxygen atoms in total. The summed E-state index contributed by atoms with van der Waals surface area (Å²) in [6.07, 6.45) is 10.8. The zero-order valence-corrected chi connectivity index (χ0v) is 8.60. The Balaban J connectivity index is 0.000000132. The van der Waals surface area contributed by atoms with Crippen molar-refractivity contribution in [3.63, 3.8) is 0 Å². The summed E-state index contributed by atoms with van der Waals surface area (Å²) in [7, 11) is 0. The van der Waals surface area contributed by atoms with E-state index in [0.717, 1.165) is 25.9 Å². The fourth-order valence-corrected chi connectivity index (χ4v) is 1.87. The second-order valence-corrected chi connectivity index (χ2v) is 4.10. The Bertz CT molecular complexity index is 95.1. The number of aliphatic hydroxyl groups is 1. The van der Waals surface area contributed by atoms with Crippen LogP contribution in [0.25, 0.3) is 0 Å². The first kappa shape index (κ1) is 11.0. The monoisotopic (exact) mass is 185 g/mol. The molecule has 78 valence electrons. The lowest BCUT2D eigenvalue weighted by Crippen LogP contribution is -2.30. The van der Waals surface area contributed by atoms with Crippen LogP contribution >= 0.6 is 0 Å². The number of piperidine rings is 1. The van der Waals surface area contributed by atoms with Crippen LogP contribution in [0.5, 0.6) is 0 Å². The summed E-state index contributed by atoms with van der Waals surface area (Å²) < 4.78 is 0. The third-order valence-corrected chi connectivity index (χ3v) is 2.81. The van der Waals surface area contributed by atoms with Crippen molar-refractivity contribution in [3.8, 4) is 0 Å². The maximum absolute atomic E-state index is 8.87. The van der Waals surface area contributed by atoms with E-state index in [1.807, 2.05) is 0 Å². The molecule has 1 heterocycles. The van der Waals surface area contributed by atoms with Gasteiger partial charge in [-0.15, -0.1) is 0 Å². The van der Waals surface area contributed by atoms with Gasteiger partial charge in [0.2, 0.25) is 0 Å². The van der Waals surface area contributed by atoms with Crippen molar-refractivity contribution in [1.29, 1.82) is 0 Å². The molecule has 1 aliphatic heterocycles. The van der Waals surface area contributed by atoms with Gasteiger partial charge in [-0.3, -0.25) is 0 Å². The summed E-state index contributed by atoms with van der Waals surface area (Å²) in [6, 6.07) is 0. The maximum atomic E-state index is 8.87. The summed E-state index contributed by atoms with van der Waals surface area (Å²) >= 11 is 0. The Morgan fingerprint density at radius 1 is 0.769 bits per heavy atom. The molecule has 0 aromatic carbocycles. The summed E-state index contributed by atoms with van der Waals surface area (Å²) in [6.45, 7) is 1.97. The molecule has 1 saturated heterocycles. The highest BCUT2D eigenvalue weighted by molar-refractivity contribution is 4.65. The van der Waals surface area contributed by atoms with Crippen LogP contribution in [0.3, 0.4) is 0 Å². The van der Waals surface area contributed by atoms with Gasteiger partial charge < -0.3 is 10.4 Å². The van der Waals surface area contributed by atoms with E-state index >= 15 is 0 Å². The predicted molar refractivity (Wildman–Crippen MR) is 55.8 cm³/mol. The first-order valence-corrected chi connectivity index (χ1v) is 5.78. The molecule has 1 saturated carbocycles. The third kappa shape index (κ3) is 6.05. The first-order valence-electron chi connectivity index (χ1n) is 5.78. The Morgan fingerprint density at radius 3 is 1.38 bits per heavy atom. The molecule has 1 aliphatic carbocycles. The van der Waals surface area contributed by atoms with Crippen molar-refractivity contribution in [3.05, 3.63) is 0 Å². The second kappa shape index (κ2) is 7.34. The predicted octanol–water partition coefficient (Wildman–Crippen LogP) is 2.07. The van der Waals surface area contributed by atoms with Gasteiger partial charge in [-0.2, -0.15) is 0 Å². The largest absolute Gasteiger partial charge is 0.393 e. The zero-order chi connectivity index (χ0) is 9.36. The minimum Gasteiger partial charge on any atom is -0.393 e. The van der Waals surface area contributed by atoms with E-state index in [1.54, 1.807) is 0 Å². The summed E-state index contributed by atoms with van der Waals surface area (Å²) in [5, 5.41) is 12.0. The molecule has 0 atom stereocenters. The molecule has 2 N–H and O–H groups in total. The van der Waals surface area contributed by atoms with Crippen molar-refractivity contribution < 1.29 is 5.11 Å². The van der Waals surface area contributed by atoms with E-state index < -0.39 is 0 Å². The smallest absolute Gasteiger partial charge is 0.0564 e. The molecule has 0 unspecified atom stereocenters. The van der Waals surface area contributed by atoms with Crippen LogP contribution in [0.4, 0.5) is 0 Å². The summed E-state index contributed by atoms with van der Waals surface area (Å²) in [4.78, 5) is 0. The Kier molecular flexibility index (Phi) is 6.21. The number of rotatable bonds is 0. The van der Waals surface area contributed by atoms with Gasteiger partial charge >= 0.3 is 0 Å². The third-order valence-electron chi connectivity index (χ3n) is 2.81. The molecule has 2 fully saturated rings. The number of hydrogen-bond donors (Lipinski definition) is 2. The standard InChI is InChI=1S/C6H12.C5H11NO/c1-2-4-6-5-3-1;7-5-1-3-6-4-2-5/h1-6H2;5-7H,1-4H2. The van der Waals surface area contributed by atoms with Gasteiger partial charge in [0.1, 0.15) is 0 Å². The molecule has 2 heteroatoms. The SMILES string of the molecule is C1CCCCC1.OC1CCNCC1. The van der Waals surface area contributed by atoms with Gasteiger partial charge in [-0.1, -0.05) is 38.5 Å². The Hall–Kier alpha value is -0.0800. The van der Waals surface area contributed by atoms with Gasteiger partial charge in [-0.25, -0.2) is 0 Å². The zero-order valence-electron chi connectivity index (χ0n) is 8.60. The van der Waals surface area contributed by atoms with Crippen LogP contribution in [0.1, 0.15) is 51.4 Å². The van der Waals surface area contributed by atoms with Crippen molar-refractivity contribution in [2.24, 2.45) is 0 Å². The van der Waals surface area contributed by atoms with Crippen molar-refractivity contribution >= 4 is 0 Å². The van der Waals surface area contributed by atoms with E-state index in [9.17, 15) is 0 Å². The van der Waals surface area contributed by atoms with Crippen LogP contribution in [0.2, 0.25) is 0 Å². The van der Waals surface area contributed by atoms with Gasteiger partial charge in [-0.05, 0) is 25.9 Å². The average molecular weight is 185 g/mol. The van der Waals surface area contributed by atoms with Crippen molar-refractivity contribution in [2.75, 3.05) is 13.1 Å². The van der Waals surface area contributed by atoms with Crippen molar-refractivity contribution in [1.82, 2.24) is 5.32 Å². The first-order chi connectivity index (χ1) is 6.39. The van der Waals surface area contributed by atoms with Crippen LogP contribution in [0.15, 0.2) is 0 Å². The Morgan fingerprint density at radius 2 is 1.15 bits per heavy atom. The Labute approximate surface area is 81.7 Å². The lowest BCUT2D eigenvalue weighted by Gasteiger charge is -2.16. The second-order valence-electron chi connectivity index (χ2n) is 4.10. The molecular weight excluding hydrogens is 162 g/mol. The van der Waals surface area contributed by atoms with E-state index in [1.165, 1.54) is 38.5 Å². The van der Waals surface area contributed by atoms with Crippen LogP contribution in [0, 0.1) is 0 Å². The molecule has 0 spiro atoms. The van der Waals surface area contributed by atoms with E-state index in [0.29, 0.717) is 0 Å². The molecule has 0 bridgehead atoms. The van der Waals surface area contributed by atoms with E-state index in [2.05, 4.69) is 5.32 Å². The van der Waals surface area contributed by atoms with Crippen molar-refractivity contribution in [2.45, 2.75) is 57.5 Å². The van der Waals surface area contributed by atoms with Crippen LogP contribution in [-0.4, -0.2) is 24.3 Å². The topological polar surface area (TPSA) is 32.3 Å². The van der Waals surface area contributed by atoms with Gasteiger partial charge in [0, 0.05) is 0 Å². The quantitative estimate of drug-likeness (QED) is 0.605. The summed E-state index contributed by atoms with van der Waals surface area (Å²) in [5.41, 5.74) is 0. The number of nitrogens with one attached hydrogen (secondary N) is 1. The highest BCUT2D eigenvalue weighted by Gasteiger charge is 2.06. The minimum atomic E-state index is -0.0266. The fourth-order valence-electron chi connectivity index (χ4n) is 1.87. The van der Waals surface area contributed by atoms with E-state index in [4.69, 9.17) is 5.11 Å². The lowest BCUT2D eigenvalue weighted by atomic mass is 10.0. The molecule has 0 radical (unpaired) electrons. The molecule has 2 aliphatic rings. The van der Waals surface area contributed by atoms with Crippen LogP contribution in [-0.2, 0) is 0 Å². The highest BCUT2D eigenvalue weighted by atomic mass is 16.3. The van der Waals surface area contributed by atoms with E-state index in [-0.39, 0.29) is 6.10 Å². The molecule has 2 rings (SSSR count). The molecular formula is C11H23NO. The van der Waals surface area contributed by atoms with Gasteiger partial charge in [0.05, 0.1) is 6.10 Å². The van der Waals surface area contributed by atoms with Crippen LogP contribution < -0.4 is 5.32 Å². The molecule has 0 aromatic heterocycles. The molecule has 0 amide bonds. The lowest BCUT2D eigenvalue weighted by molar-refractivity contribution is 0.137. The van der Waals surface area contributed by atoms with Gasteiger partial charge in [0.25, 0.3) is 0 Å². The normalized spacial score (nSPS) is 24.7.